The minimum Gasteiger partial charge on any atom is -0.329 e. The van der Waals surface area contributed by atoms with Gasteiger partial charge in [0, 0.05) is 12.3 Å². The number of rotatable bonds is 2. The number of para-hydroxylation sites is 1. The van der Waals surface area contributed by atoms with Gasteiger partial charge < -0.3 is 4.90 Å². The van der Waals surface area contributed by atoms with E-state index in [-0.39, 0.29) is 23.4 Å². The SMILES string of the molecule is CC1SCCN1C(=O)Cn1cnc2ccccc2c1=O. The van der Waals surface area contributed by atoms with Crippen molar-refractivity contribution in [2.75, 3.05) is 12.3 Å². The maximum atomic E-state index is 12.3. The lowest BCUT2D eigenvalue weighted by Crippen LogP contribution is -2.38. The third-order valence-electron chi connectivity index (χ3n) is 3.49. The Morgan fingerprint density at radius 1 is 1.45 bits per heavy atom. The number of thioether (sulfide) groups is 1. The summed E-state index contributed by atoms with van der Waals surface area (Å²) in [5, 5.41) is 0.735. The first-order chi connectivity index (χ1) is 9.66. The standard InChI is InChI=1S/C14H15N3O2S/c1-10-17(6-7-20-10)13(18)8-16-9-15-12-5-3-2-4-11(12)14(16)19/h2-5,9-10H,6-8H2,1H3. The summed E-state index contributed by atoms with van der Waals surface area (Å²) in [6.07, 6.45) is 1.45. The predicted molar refractivity (Wildman–Crippen MR) is 79.6 cm³/mol. The smallest absolute Gasteiger partial charge is 0.261 e. The summed E-state index contributed by atoms with van der Waals surface area (Å²) in [5.41, 5.74) is 0.495. The lowest BCUT2D eigenvalue weighted by Gasteiger charge is -2.20. The van der Waals surface area contributed by atoms with Crippen molar-refractivity contribution in [1.29, 1.82) is 0 Å². The van der Waals surface area contributed by atoms with E-state index in [1.54, 1.807) is 30.0 Å². The molecule has 1 amide bonds. The summed E-state index contributed by atoms with van der Waals surface area (Å²) in [6, 6.07) is 7.17. The molecule has 104 valence electrons. The summed E-state index contributed by atoms with van der Waals surface area (Å²) in [4.78, 5) is 30.6. The van der Waals surface area contributed by atoms with Crippen molar-refractivity contribution in [3.8, 4) is 0 Å². The number of hydrogen-bond acceptors (Lipinski definition) is 4. The molecule has 2 aromatic rings. The molecule has 6 heteroatoms. The Hall–Kier alpha value is -1.82. The van der Waals surface area contributed by atoms with Gasteiger partial charge in [0.2, 0.25) is 5.91 Å². The molecule has 0 N–H and O–H groups in total. The van der Waals surface area contributed by atoms with Crippen molar-refractivity contribution < 1.29 is 4.79 Å². The number of nitrogens with zero attached hydrogens (tertiary/aromatic N) is 3. The molecule has 20 heavy (non-hydrogen) atoms. The number of amides is 1. The van der Waals surface area contributed by atoms with Gasteiger partial charge in [0.05, 0.1) is 22.6 Å². The second-order valence-corrected chi connectivity index (χ2v) is 6.18. The fourth-order valence-electron chi connectivity index (χ4n) is 2.38. The fraction of sp³-hybridized carbons (Fsp3) is 0.357. The van der Waals surface area contributed by atoms with Crippen LogP contribution in [0.3, 0.4) is 0 Å². The van der Waals surface area contributed by atoms with Crippen LogP contribution in [0.2, 0.25) is 0 Å². The topological polar surface area (TPSA) is 55.2 Å². The van der Waals surface area contributed by atoms with Crippen LogP contribution in [0.15, 0.2) is 35.4 Å². The van der Waals surface area contributed by atoms with Crippen molar-refractivity contribution in [2.45, 2.75) is 18.8 Å². The van der Waals surface area contributed by atoms with Crippen molar-refractivity contribution in [1.82, 2.24) is 14.5 Å². The van der Waals surface area contributed by atoms with E-state index in [0.29, 0.717) is 10.9 Å². The molecule has 0 saturated carbocycles. The van der Waals surface area contributed by atoms with E-state index in [9.17, 15) is 9.59 Å². The first kappa shape index (κ1) is 13.2. The van der Waals surface area contributed by atoms with Gasteiger partial charge in [0.1, 0.15) is 6.54 Å². The van der Waals surface area contributed by atoms with E-state index in [4.69, 9.17) is 0 Å². The maximum absolute atomic E-state index is 12.3. The van der Waals surface area contributed by atoms with E-state index in [0.717, 1.165) is 12.3 Å². The zero-order valence-corrected chi connectivity index (χ0v) is 12.0. The highest BCUT2D eigenvalue weighted by Crippen LogP contribution is 2.22. The van der Waals surface area contributed by atoms with Gasteiger partial charge in [0.15, 0.2) is 0 Å². The summed E-state index contributed by atoms with van der Waals surface area (Å²) in [5.74, 6) is 0.930. The first-order valence-electron chi connectivity index (χ1n) is 6.52. The van der Waals surface area contributed by atoms with Crippen LogP contribution in [0.1, 0.15) is 6.92 Å². The van der Waals surface area contributed by atoms with Crippen LogP contribution < -0.4 is 5.56 Å². The van der Waals surface area contributed by atoms with E-state index < -0.39 is 0 Å². The van der Waals surface area contributed by atoms with Crippen LogP contribution in [-0.2, 0) is 11.3 Å². The van der Waals surface area contributed by atoms with Gasteiger partial charge in [-0.05, 0) is 19.1 Å². The molecule has 0 aliphatic carbocycles. The Bertz CT molecular complexity index is 713. The normalized spacial score (nSPS) is 18.6. The number of carbonyl (C=O) groups is 1. The molecule has 3 rings (SSSR count). The molecule has 1 aliphatic rings. The molecule has 1 saturated heterocycles. The average molecular weight is 289 g/mol. The Balaban J connectivity index is 1.89. The van der Waals surface area contributed by atoms with Gasteiger partial charge in [0.25, 0.3) is 5.56 Å². The molecule has 5 nitrogen and oxygen atoms in total. The lowest BCUT2D eigenvalue weighted by atomic mass is 10.2. The zero-order chi connectivity index (χ0) is 14.1. The predicted octanol–water partition coefficient (Wildman–Crippen LogP) is 1.32. The second-order valence-electron chi connectivity index (χ2n) is 4.75. The van der Waals surface area contributed by atoms with Gasteiger partial charge in [-0.1, -0.05) is 12.1 Å². The Labute approximate surface area is 120 Å². The van der Waals surface area contributed by atoms with Crippen LogP contribution in [0, 0.1) is 0 Å². The maximum Gasteiger partial charge on any atom is 0.261 e. The highest BCUT2D eigenvalue weighted by molar-refractivity contribution is 8.00. The van der Waals surface area contributed by atoms with Crippen LogP contribution in [-0.4, -0.2) is 38.0 Å². The average Bonchev–Trinajstić information content (AvgIpc) is 2.88. The number of hydrogen-bond donors (Lipinski definition) is 0. The van der Waals surface area contributed by atoms with Crippen LogP contribution in [0.5, 0.6) is 0 Å². The summed E-state index contributed by atoms with van der Waals surface area (Å²) >= 11 is 1.75. The van der Waals surface area contributed by atoms with Gasteiger partial charge >= 0.3 is 0 Å². The molecule has 1 aliphatic heterocycles. The molecule has 0 spiro atoms. The fourth-order valence-corrected chi connectivity index (χ4v) is 3.42. The van der Waals surface area contributed by atoms with E-state index in [1.165, 1.54) is 10.9 Å². The van der Waals surface area contributed by atoms with Crippen molar-refractivity contribution >= 4 is 28.6 Å². The van der Waals surface area contributed by atoms with Crippen LogP contribution >= 0.6 is 11.8 Å². The summed E-state index contributed by atoms with van der Waals surface area (Å²) < 4.78 is 1.39. The number of benzene rings is 1. The molecule has 1 aromatic heterocycles. The third-order valence-corrected chi connectivity index (χ3v) is 4.64. The van der Waals surface area contributed by atoms with Crippen LogP contribution in [0.25, 0.3) is 10.9 Å². The molecular weight excluding hydrogens is 274 g/mol. The minimum atomic E-state index is -0.163. The largest absolute Gasteiger partial charge is 0.329 e. The van der Waals surface area contributed by atoms with E-state index >= 15 is 0 Å². The molecular formula is C14H15N3O2S. The highest BCUT2D eigenvalue weighted by atomic mass is 32.2. The molecule has 1 atom stereocenters. The molecule has 0 bridgehead atoms. The molecule has 1 unspecified atom stereocenters. The monoisotopic (exact) mass is 289 g/mol. The minimum absolute atomic E-state index is 0.0262. The number of fused-ring (bicyclic) bond motifs is 1. The molecule has 0 radical (unpaired) electrons. The highest BCUT2D eigenvalue weighted by Gasteiger charge is 2.25. The van der Waals surface area contributed by atoms with Crippen molar-refractivity contribution in [3.63, 3.8) is 0 Å². The van der Waals surface area contributed by atoms with E-state index in [2.05, 4.69) is 4.98 Å². The Morgan fingerprint density at radius 3 is 3.00 bits per heavy atom. The lowest BCUT2D eigenvalue weighted by molar-refractivity contribution is -0.131. The molecule has 2 heterocycles. The van der Waals surface area contributed by atoms with Crippen LogP contribution in [0.4, 0.5) is 0 Å². The third kappa shape index (κ3) is 2.31. The van der Waals surface area contributed by atoms with Gasteiger partial charge in [-0.2, -0.15) is 0 Å². The van der Waals surface area contributed by atoms with Gasteiger partial charge in [-0.15, -0.1) is 11.8 Å². The number of carbonyl (C=O) groups excluding carboxylic acids is 1. The van der Waals surface area contributed by atoms with Crippen molar-refractivity contribution in [2.24, 2.45) is 0 Å². The first-order valence-corrected chi connectivity index (χ1v) is 7.57. The van der Waals surface area contributed by atoms with Crippen molar-refractivity contribution in [3.05, 3.63) is 40.9 Å². The van der Waals surface area contributed by atoms with E-state index in [1.807, 2.05) is 17.9 Å². The Kier molecular flexibility index (Phi) is 3.48. The second kappa shape index (κ2) is 5.28. The van der Waals surface area contributed by atoms with Gasteiger partial charge in [-0.25, -0.2) is 4.98 Å². The summed E-state index contributed by atoms with van der Waals surface area (Å²) in [6.45, 7) is 2.82. The quantitative estimate of drug-likeness (QED) is 0.836. The molecule has 1 aromatic carbocycles. The molecule has 1 fully saturated rings. The number of aromatic nitrogens is 2. The van der Waals surface area contributed by atoms with Gasteiger partial charge in [-0.3, -0.25) is 14.2 Å². The summed E-state index contributed by atoms with van der Waals surface area (Å²) in [7, 11) is 0. The zero-order valence-electron chi connectivity index (χ0n) is 11.2. The Morgan fingerprint density at radius 2 is 2.25 bits per heavy atom.